The van der Waals surface area contributed by atoms with Crippen LogP contribution in [0.15, 0.2) is 71.9 Å². The van der Waals surface area contributed by atoms with E-state index in [1.165, 1.54) is 7.11 Å². The lowest BCUT2D eigenvalue weighted by Crippen LogP contribution is -2.69. The van der Waals surface area contributed by atoms with Crippen LogP contribution < -0.4 is 19.5 Å². The smallest absolute Gasteiger partial charge is 0.412 e. The fourth-order valence-electron chi connectivity index (χ4n) is 8.44. The lowest BCUT2D eigenvalue weighted by Gasteiger charge is -2.59. The molecule has 2 aromatic rings. The summed E-state index contributed by atoms with van der Waals surface area (Å²) in [7, 11) is 4.89. The van der Waals surface area contributed by atoms with Crippen LogP contribution in [0, 0.1) is 17.8 Å². The topological polar surface area (TPSA) is 148 Å². The molecule has 0 radical (unpaired) electrons. The van der Waals surface area contributed by atoms with Crippen molar-refractivity contribution in [1.82, 2.24) is 10.2 Å². The number of rotatable bonds is 18. The predicted molar refractivity (Wildman–Crippen MR) is 201 cm³/mol. The number of fused-ring (bicyclic) bond motifs is 2. The molecule has 1 saturated carbocycles. The molecule has 6 unspecified atom stereocenters. The Hall–Kier alpha value is -4.39. The van der Waals surface area contributed by atoms with E-state index in [-0.39, 0.29) is 49.9 Å². The van der Waals surface area contributed by atoms with Crippen LogP contribution in [0.2, 0.25) is 0 Å². The van der Waals surface area contributed by atoms with E-state index >= 15 is 0 Å². The van der Waals surface area contributed by atoms with Crippen molar-refractivity contribution in [2.45, 2.75) is 76.0 Å². The highest BCUT2D eigenvalue weighted by atomic mass is 16.7. The number of nitrogens with one attached hydrogen (secondary N) is 1. The first-order valence-corrected chi connectivity index (χ1v) is 18.7. The number of amides is 2. The van der Waals surface area contributed by atoms with Crippen molar-refractivity contribution in [3.63, 3.8) is 0 Å². The number of hydrogen-bond donors (Lipinski definition) is 3. The number of aliphatic hydroxyl groups is 2. The molecule has 2 amide bonds. The van der Waals surface area contributed by atoms with E-state index < -0.39 is 23.8 Å². The summed E-state index contributed by atoms with van der Waals surface area (Å²) in [6.07, 6.45) is 8.39. The van der Waals surface area contributed by atoms with Crippen LogP contribution in [-0.2, 0) is 20.8 Å². The molecule has 3 N–H and O–H groups in total. The number of oxime groups is 1. The van der Waals surface area contributed by atoms with E-state index in [4.69, 9.17) is 23.8 Å². The zero-order valence-corrected chi connectivity index (χ0v) is 31.4. The lowest BCUT2D eigenvalue weighted by molar-refractivity contribution is -0.255. The number of ether oxygens (including phenoxy) is 4. The quantitative estimate of drug-likeness (QED) is 0.0987. The van der Waals surface area contributed by atoms with Crippen molar-refractivity contribution in [2.75, 3.05) is 47.6 Å². The third-order valence-corrected chi connectivity index (χ3v) is 10.7. The monoisotopic (exact) mass is 733 g/mol. The van der Waals surface area contributed by atoms with Crippen LogP contribution in [0.1, 0.15) is 68.9 Å². The zero-order valence-electron chi connectivity index (χ0n) is 31.4. The van der Waals surface area contributed by atoms with Gasteiger partial charge in [-0.25, -0.2) is 4.79 Å². The van der Waals surface area contributed by atoms with Crippen LogP contribution in [0.25, 0.3) is 0 Å². The number of benzene rings is 2. The highest BCUT2D eigenvalue weighted by Gasteiger charge is 2.65. The number of likely N-dealkylation sites (N-methyl/N-ethyl adjacent to an activating group) is 1. The van der Waals surface area contributed by atoms with Gasteiger partial charge in [-0.3, -0.25) is 4.79 Å². The van der Waals surface area contributed by atoms with E-state index in [1.807, 2.05) is 43.3 Å². The number of carbonyl (C=O) groups is 2. The minimum absolute atomic E-state index is 0.0448. The van der Waals surface area contributed by atoms with Gasteiger partial charge in [-0.2, -0.15) is 0 Å². The van der Waals surface area contributed by atoms with Crippen molar-refractivity contribution in [2.24, 2.45) is 22.9 Å². The Kier molecular flexibility index (Phi) is 14.0. The Morgan fingerprint density at radius 1 is 1.08 bits per heavy atom. The minimum atomic E-state index is -1.36. The van der Waals surface area contributed by atoms with Gasteiger partial charge in [0.2, 0.25) is 11.7 Å². The van der Waals surface area contributed by atoms with E-state index in [0.29, 0.717) is 48.8 Å². The fourth-order valence-corrected chi connectivity index (χ4v) is 8.44. The normalized spacial score (nSPS) is 24.9. The van der Waals surface area contributed by atoms with E-state index in [0.717, 1.165) is 42.4 Å². The summed E-state index contributed by atoms with van der Waals surface area (Å²) in [5, 5.41) is 26.8. The molecule has 0 aromatic heterocycles. The molecule has 0 spiro atoms. The third-order valence-electron chi connectivity index (χ3n) is 10.7. The van der Waals surface area contributed by atoms with E-state index in [9.17, 15) is 19.8 Å². The van der Waals surface area contributed by atoms with Crippen LogP contribution in [-0.4, -0.2) is 92.3 Å². The molecule has 1 aliphatic heterocycles. The van der Waals surface area contributed by atoms with Gasteiger partial charge in [0.1, 0.15) is 30.4 Å². The summed E-state index contributed by atoms with van der Waals surface area (Å²) in [5.41, 5.74) is 3.31. The molecule has 12 heteroatoms. The Labute approximate surface area is 312 Å². The van der Waals surface area contributed by atoms with Gasteiger partial charge in [-0.05, 0) is 85.9 Å². The molecular formula is C41H55N3O9. The third kappa shape index (κ3) is 8.71. The van der Waals surface area contributed by atoms with Gasteiger partial charge in [0.05, 0.1) is 31.8 Å². The van der Waals surface area contributed by atoms with Crippen LogP contribution in [0.5, 0.6) is 17.2 Å². The molecule has 3 aliphatic rings. The SMILES string of the molecule is C=CCOC12Oc3ccc(OC(=O)NCC)cc3C3C(CCCCO)C(CCCCO)C=C(C(=NOC)CC1N(C)C(=O)Cc1cccc(OC)c1)C32. The summed E-state index contributed by atoms with van der Waals surface area (Å²) in [4.78, 5) is 34.0. The molecule has 5 rings (SSSR count). The second kappa shape index (κ2) is 18.6. The number of unbranched alkanes of at least 4 members (excludes halogenated alkanes) is 2. The molecule has 2 aromatic carbocycles. The minimum Gasteiger partial charge on any atom is -0.497 e. The molecule has 53 heavy (non-hydrogen) atoms. The van der Waals surface area contributed by atoms with Gasteiger partial charge in [-0.1, -0.05) is 42.3 Å². The zero-order chi connectivity index (χ0) is 38.0. The second-order valence-electron chi connectivity index (χ2n) is 13.9. The van der Waals surface area contributed by atoms with Gasteiger partial charge in [0.15, 0.2) is 0 Å². The Balaban J connectivity index is 1.70. The van der Waals surface area contributed by atoms with Crippen molar-refractivity contribution < 1.29 is 43.6 Å². The van der Waals surface area contributed by atoms with Crippen molar-refractivity contribution in [3.8, 4) is 17.2 Å². The first-order valence-electron chi connectivity index (χ1n) is 18.7. The van der Waals surface area contributed by atoms with Crippen molar-refractivity contribution in [3.05, 3.63) is 77.9 Å². The number of methoxy groups -OCH3 is 1. The first-order chi connectivity index (χ1) is 25.7. The van der Waals surface area contributed by atoms with Gasteiger partial charge >= 0.3 is 6.09 Å². The standard InChI is InChI=1S/C41H55N3O9/c1-6-21-51-41-36(44(3)37(47)23-27-13-12-15-29(22-27)49-4)26-34(43-50-5)32-24-28(14-8-10-19-45)31(16-9-11-20-46)38(39(32)41)33-25-30(17-18-35(33)53-41)52-40(48)42-7-2/h6,12-13,15,17-18,22,24-25,28,31,36,38-39,45-46H,1,7-11,14,16,19-21,23,26H2,2-5H3,(H,42,48). The van der Waals surface area contributed by atoms with E-state index in [2.05, 4.69) is 23.1 Å². The molecule has 288 valence electrons. The molecule has 0 bridgehead atoms. The van der Waals surface area contributed by atoms with Crippen molar-refractivity contribution in [1.29, 1.82) is 0 Å². The predicted octanol–water partition coefficient (Wildman–Crippen LogP) is 5.77. The molecule has 1 fully saturated rings. The highest BCUT2D eigenvalue weighted by molar-refractivity contribution is 6.03. The number of aliphatic hydroxyl groups excluding tert-OH is 2. The van der Waals surface area contributed by atoms with Crippen molar-refractivity contribution >= 4 is 17.7 Å². The van der Waals surface area contributed by atoms with Crippen LogP contribution in [0.3, 0.4) is 0 Å². The largest absolute Gasteiger partial charge is 0.497 e. The van der Waals surface area contributed by atoms with Gasteiger partial charge in [0, 0.05) is 44.7 Å². The Morgan fingerprint density at radius 2 is 1.85 bits per heavy atom. The van der Waals surface area contributed by atoms with Crippen LogP contribution >= 0.6 is 0 Å². The number of nitrogens with zero attached hydrogens (tertiary/aromatic N) is 2. The summed E-state index contributed by atoms with van der Waals surface area (Å²) in [5.74, 6) is -0.441. The average molecular weight is 734 g/mol. The first kappa shape index (κ1) is 39.8. The maximum Gasteiger partial charge on any atom is 0.412 e. The summed E-state index contributed by atoms with van der Waals surface area (Å²) >= 11 is 0. The molecule has 0 saturated heterocycles. The number of carbonyl (C=O) groups excluding carboxylic acids is 2. The van der Waals surface area contributed by atoms with Gasteiger partial charge in [0.25, 0.3) is 0 Å². The maximum absolute atomic E-state index is 14.3. The summed E-state index contributed by atoms with van der Waals surface area (Å²) in [6.45, 7) is 6.55. The molecular weight excluding hydrogens is 678 g/mol. The fraction of sp³-hybridized carbons (Fsp3) is 0.537. The van der Waals surface area contributed by atoms with Crippen LogP contribution in [0.4, 0.5) is 4.79 Å². The number of hydrogen-bond acceptors (Lipinski definition) is 10. The van der Waals surface area contributed by atoms with Gasteiger partial charge in [-0.15, -0.1) is 6.58 Å². The number of allylic oxidation sites excluding steroid dienone is 1. The summed E-state index contributed by atoms with van der Waals surface area (Å²) < 4.78 is 25.2. The Morgan fingerprint density at radius 3 is 2.55 bits per heavy atom. The second-order valence-corrected chi connectivity index (χ2v) is 13.9. The Bertz CT molecular complexity index is 1640. The maximum atomic E-state index is 14.3. The highest BCUT2D eigenvalue weighted by Crippen LogP contribution is 2.61. The average Bonchev–Trinajstić information content (AvgIpc) is 3.15. The molecule has 1 heterocycles. The molecule has 6 atom stereocenters. The summed E-state index contributed by atoms with van der Waals surface area (Å²) in [6, 6.07) is 12.2. The lowest BCUT2D eigenvalue weighted by atomic mass is 9.55. The van der Waals surface area contributed by atoms with Gasteiger partial charge < -0.3 is 44.2 Å². The van der Waals surface area contributed by atoms with E-state index in [1.54, 1.807) is 31.2 Å². The molecule has 2 aliphatic carbocycles. The molecule has 12 nitrogen and oxygen atoms in total.